The predicted molar refractivity (Wildman–Crippen MR) is 90.0 cm³/mol. The maximum atomic E-state index is 12.3. The highest BCUT2D eigenvalue weighted by molar-refractivity contribution is 6.30. The summed E-state index contributed by atoms with van der Waals surface area (Å²) in [4.78, 5) is 12.3. The second-order valence-electron chi connectivity index (χ2n) is 5.26. The average molecular weight is 327 g/mol. The minimum atomic E-state index is -1.69. The third-order valence-electron chi connectivity index (χ3n) is 3.64. The molecular formula is C19H15ClO3. The van der Waals surface area contributed by atoms with E-state index in [0.717, 1.165) is 5.56 Å². The molecule has 0 saturated heterocycles. The van der Waals surface area contributed by atoms with Crippen LogP contribution in [0.25, 0.3) is 5.57 Å². The van der Waals surface area contributed by atoms with E-state index in [9.17, 15) is 9.90 Å². The number of carbonyl (C=O) groups excluding carboxylic acids is 1. The van der Waals surface area contributed by atoms with Crippen molar-refractivity contribution in [2.24, 2.45) is 0 Å². The zero-order chi connectivity index (χ0) is 16.3. The number of aliphatic hydroxyl groups is 1. The van der Waals surface area contributed by atoms with Crippen molar-refractivity contribution in [1.82, 2.24) is 0 Å². The second-order valence-corrected chi connectivity index (χ2v) is 5.70. The number of hydrogen-bond acceptors (Lipinski definition) is 3. The van der Waals surface area contributed by atoms with Gasteiger partial charge in [0.05, 0.1) is 5.56 Å². The highest BCUT2D eigenvalue weighted by atomic mass is 35.5. The summed E-state index contributed by atoms with van der Waals surface area (Å²) < 4.78 is 5.43. The standard InChI is InChI=1S/C19H15ClO3/c20-16-11-9-15(10-12-16)18(21)23-19(22)13-5-4-8-17(19)14-6-2-1-3-7-14/h1-12,22H,13H2. The van der Waals surface area contributed by atoms with Gasteiger partial charge in [0.25, 0.3) is 0 Å². The first-order chi connectivity index (χ1) is 11.1. The Hall–Kier alpha value is -2.36. The minimum Gasteiger partial charge on any atom is -0.425 e. The van der Waals surface area contributed by atoms with Crippen molar-refractivity contribution in [1.29, 1.82) is 0 Å². The molecule has 23 heavy (non-hydrogen) atoms. The van der Waals surface area contributed by atoms with E-state index >= 15 is 0 Å². The normalized spacial score (nSPS) is 20.0. The molecule has 1 unspecified atom stereocenters. The van der Waals surface area contributed by atoms with Gasteiger partial charge in [0.2, 0.25) is 5.79 Å². The number of rotatable bonds is 3. The van der Waals surface area contributed by atoms with Gasteiger partial charge in [-0.3, -0.25) is 0 Å². The van der Waals surface area contributed by atoms with Gasteiger partial charge in [0, 0.05) is 17.0 Å². The highest BCUT2D eigenvalue weighted by Gasteiger charge is 2.37. The molecule has 0 heterocycles. The van der Waals surface area contributed by atoms with Crippen LogP contribution < -0.4 is 0 Å². The van der Waals surface area contributed by atoms with E-state index < -0.39 is 11.8 Å². The Kier molecular flexibility index (Phi) is 4.33. The molecule has 0 fully saturated rings. The SMILES string of the molecule is O=C(OC1(O)CC=CC=C1c1ccccc1)c1ccc(Cl)cc1. The van der Waals surface area contributed by atoms with Crippen LogP contribution >= 0.6 is 11.6 Å². The maximum Gasteiger partial charge on any atom is 0.340 e. The summed E-state index contributed by atoms with van der Waals surface area (Å²) in [6.07, 6.45) is 5.57. The monoisotopic (exact) mass is 326 g/mol. The summed E-state index contributed by atoms with van der Waals surface area (Å²) in [6.45, 7) is 0. The van der Waals surface area contributed by atoms with Gasteiger partial charge in [-0.05, 0) is 29.8 Å². The molecule has 0 spiro atoms. The number of ether oxygens (including phenoxy) is 1. The summed E-state index contributed by atoms with van der Waals surface area (Å²) in [5.74, 6) is -2.28. The van der Waals surface area contributed by atoms with Crippen LogP contribution in [0.5, 0.6) is 0 Å². The van der Waals surface area contributed by atoms with E-state index in [2.05, 4.69) is 0 Å². The number of halogens is 1. The van der Waals surface area contributed by atoms with Crippen LogP contribution in [-0.2, 0) is 4.74 Å². The van der Waals surface area contributed by atoms with Crippen molar-refractivity contribution in [2.75, 3.05) is 0 Å². The lowest BCUT2D eigenvalue weighted by Gasteiger charge is -2.31. The molecular weight excluding hydrogens is 312 g/mol. The number of benzene rings is 2. The van der Waals surface area contributed by atoms with Crippen LogP contribution in [0.3, 0.4) is 0 Å². The summed E-state index contributed by atoms with van der Waals surface area (Å²) >= 11 is 5.82. The fourth-order valence-corrected chi connectivity index (χ4v) is 2.59. The van der Waals surface area contributed by atoms with Crippen LogP contribution in [0.1, 0.15) is 22.3 Å². The molecule has 0 aromatic heterocycles. The molecule has 0 aliphatic heterocycles. The Bertz CT molecular complexity index is 763. The molecule has 4 heteroatoms. The van der Waals surface area contributed by atoms with E-state index in [1.165, 1.54) is 0 Å². The van der Waals surface area contributed by atoms with E-state index in [-0.39, 0.29) is 6.42 Å². The summed E-state index contributed by atoms with van der Waals surface area (Å²) in [5.41, 5.74) is 1.70. The predicted octanol–water partition coefficient (Wildman–Crippen LogP) is 4.23. The molecule has 1 atom stereocenters. The second kappa shape index (κ2) is 6.41. The smallest absolute Gasteiger partial charge is 0.340 e. The molecule has 0 radical (unpaired) electrons. The zero-order valence-electron chi connectivity index (χ0n) is 12.3. The Balaban J connectivity index is 1.88. The summed E-state index contributed by atoms with van der Waals surface area (Å²) in [7, 11) is 0. The van der Waals surface area contributed by atoms with Crippen molar-refractivity contribution in [2.45, 2.75) is 12.2 Å². The van der Waals surface area contributed by atoms with E-state index in [4.69, 9.17) is 16.3 Å². The van der Waals surface area contributed by atoms with Gasteiger partial charge in [-0.15, -0.1) is 0 Å². The van der Waals surface area contributed by atoms with Gasteiger partial charge in [-0.1, -0.05) is 60.2 Å². The molecule has 0 amide bonds. The molecule has 1 aliphatic rings. The van der Waals surface area contributed by atoms with Crippen molar-refractivity contribution in [3.63, 3.8) is 0 Å². The number of esters is 1. The zero-order valence-corrected chi connectivity index (χ0v) is 13.0. The molecule has 3 rings (SSSR count). The molecule has 0 bridgehead atoms. The van der Waals surface area contributed by atoms with Gasteiger partial charge in [0.1, 0.15) is 0 Å². The lowest BCUT2D eigenvalue weighted by molar-refractivity contribution is -0.117. The van der Waals surface area contributed by atoms with E-state index in [1.54, 1.807) is 36.4 Å². The molecule has 116 valence electrons. The summed E-state index contributed by atoms with van der Waals surface area (Å²) in [6, 6.07) is 15.7. The minimum absolute atomic E-state index is 0.201. The lowest BCUT2D eigenvalue weighted by Crippen LogP contribution is -2.37. The molecule has 1 aliphatic carbocycles. The number of carbonyl (C=O) groups is 1. The Morgan fingerprint density at radius 2 is 1.78 bits per heavy atom. The molecule has 3 nitrogen and oxygen atoms in total. The molecule has 2 aromatic carbocycles. The van der Waals surface area contributed by atoms with E-state index in [1.807, 2.05) is 36.4 Å². The van der Waals surface area contributed by atoms with Gasteiger partial charge < -0.3 is 9.84 Å². The van der Waals surface area contributed by atoms with Crippen molar-refractivity contribution >= 4 is 23.1 Å². The Labute approximate surface area is 139 Å². The summed E-state index contributed by atoms with van der Waals surface area (Å²) in [5, 5.41) is 11.4. The molecule has 1 N–H and O–H groups in total. The molecule has 2 aromatic rings. The Morgan fingerprint density at radius 3 is 2.48 bits per heavy atom. The van der Waals surface area contributed by atoms with Crippen LogP contribution in [0.4, 0.5) is 0 Å². The first-order valence-corrected chi connectivity index (χ1v) is 7.60. The van der Waals surface area contributed by atoms with Crippen molar-refractivity contribution in [3.05, 3.63) is 89.0 Å². The van der Waals surface area contributed by atoms with Gasteiger partial charge in [-0.25, -0.2) is 4.79 Å². The fraction of sp³-hybridized carbons (Fsp3) is 0.105. The number of hydrogen-bond donors (Lipinski definition) is 1. The molecule has 0 saturated carbocycles. The topological polar surface area (TPSA) is 46.5 Å². The highest BCUT2D eigenvalue weighted by Crippen LogP contribution is 2.35. The van der Waals surface area contributed by atoms with Crippen LogP contribution in [0.15, 0.2) is 72.8 Å². The fourth-order valence-electron chi connectivity index (χ4n) is 2.47. The average Bonchev–Trinajstić information content (AvgIpc) is 2.56. The van der Waals surface area contributed by atoms with Gasteiger partial charge >= 0.3 is 5.97 Å². The van der Waals surface area contributed by atoms with Crippen LogP contribution in [-0.4, -0.2) is 16.9 Å². The van der Waals surface area contributed by atoms with Crippen LogP contribution in [0.2, 0.25) is 5.02 Å². The largest absolute Gasteiger partial charge is 0.425 e. The van der Waals surface area contributed by atoms with Gasteiger partial charge in [-0.2, -0.15) is 0 Å². The van der Waals surface area contributed by atoms with E-state index in [0.29, 0.717) is 16.2 Å². The third-order valence-corrected chi connectivity index (χ3v) is 3.89. The number of allylic oxidation sites excluding steroid dienone is 2. The van der Waals surface area contributed by atoms with Crippen molar-refractivity contribution < 1.29 is 14.6 Å². The van der Waals surface area contributed by atoms with Crippen molar-refractivity contribution in [3.8, 4) is 0 Å². The maximum absolute atomic E-state index is 12.3. The lowest BCUT2D eigenvalue weighted by atomic mass is 9.91. The van der Waals surface area contributed by atoms with Gasteiger partial charge in [0.15, 0.2) is 0 Å². The quantitative estimate of drug-likeness (QED) is 0.678. The van der Waals surface area contributed by atoms with Crippen LogP contribution in [0, 0.1) is 0 Å². The Morgan fingerprint density at radius 1 is 1.09 bits per heavy atom. The first-order valence-electron chi connectivity index (χ1n) is 7.22. The third kappa shape index (κ3) is 3.36. The first kappa shape index (κ1) is 15.5.